The summed E-state index contributed by atoms with van der Waals surface area (Å²) in [5.41, 5.74) is 5.25. The van der Waals surface area contributed by atoms with Gasteiger partial charge in [-0.3, -0.25) is 30.0 Å². The minimum Gasteiger partial charge on any atom is -0.346 e. The Morgan fingerprint density at radius 2 is 1.71 bits per heavy atom. The van der Waals surface area contributed by atoms with Crippen LogP contribution in [0.15, 0.2) is 24.3 Å². The first-order valence-electron chi connectivity index (χ1n) is 7.70. The average Bonchev–Trinajstić information content (AvgIpc) is 2.97. The van der Waals surface area contributed by atoms with Crippen molar-refractivity contribution in [3.05, 3.63) is 29.8 Å². The summed E-state index contributed by atoms with van der Waals surface area (Å²) < 4.78 is 0. The molecule has 0 aromatic heterocycles. The fourth-order valence-corrected chi connectivity index (χ4v) is 2.28. The average molecular weight is 332 g/mol. The van der Waals surface area contributed by atoms with Crippen LogP contribution in [-0.4, -0.2) is 36.2 Å². The molecule has 0 spiro atoms. The van der Waals surface area contributed by atoms with E-state index in [0.717, 1.165) is 12.1 Å². The summed E-state index contributed by atoms with van der Waals surface area (Å²) in [6.07, 6.45) is 1.36. The van der Waals surface area contributed by atoms with Crippen molar-refractivity contribution in [2.45, 2.75) is 32.7 Å². The Morgan fingerprint density at radius 3 is 2.25 bits per heavy atom. The first-order chi connectivity index (χ1) is 11.4. The monoisotopic (exact) mass is 332 g/mol. The number of benzene rings is 1. The summed E-state index contributed by atoms with van der Waals surface area (Å²) in [6, 6.07) is 6.27. The van der Waals surface area contributed by atoms with E-state index in [0.29, 0.717) is 18.5 Å². The zero-order valence-corrected chi connectivity index (χ0v) is 13.6. The summed E-state index contributed by atoms with van der Waals surface area (Å²) >= 11 is 0. The Labute approximate surface area is 139 Å². The Kier molecular flexibility index (Phi) is 5.51. The topological polar surface area (TPSA) is 108 Å². The van der Waals surface area contributed by atoms with Gasteiger partial charge < -0.3 is 10.2 Å². The van der Waals surface area contributed by atoms with E-state index in [1.165, 1.54) is 0 Å². The largest absolute Gasteiger partial charge is 0.346 e. The van der Waals surface area contributed by atoms with Gasteiger partial charge in [0, 0.05) is 30.3 Å². The lowest BCUT2D eigenvalue weighted by atomic mass is 10.2. The molecule has 1 aliphatic heterocycles. The van der Waals surface area contributed by atoms with Crippen LogP contribution in [0.5, 0.6) is 0 Å². The van der Waals surface area contributed by atoms with Gasteiger partial charge >= 0.3 is 11.8 Å². The van der Waals surface area contributed by atoms with Crippen molar-refractivity contribution in [2.75, 3.05) is 11.4 Å². The van der Waals surface area contributed by atoms with E-state index in [4.69, 9.17) is 0 Å². The molecule has 0 atom stereocenters. The van der Waals surface area contributed by atoms with Crippen LogP contribution in [0.4, 0.5) is 5.69 Å². The second kappa shape index (κ2) is 7.58. The van der Waals surface area contributed by atoms with Gasteiger partial charge in [0.15, 0.2) is 0 Å². The van der Waals surface area contributed by atoms with E-state index in [-0.39, 0.29) is 11.9 Å². The number of hydrogen-bond donors (Lipinski definition) is 3. The first kappa shape index (κ1) is 17.5. The number of nitrogens with zero attached hydrogens (tertiary/aromatic N) is 1. The second-order valence-electron chi connectivity index (χ2n) is 5.73. The van der Waals surface area contributed by atoms with Gasteiger partial charge in [-0.15, -0.1) is 0 Å². The lowest BCUT2D eigenvalue weighted by molar-refractivity contribution is -0.139. The molecule has 0 saturated carbocycles. The standard InChI is InChI=1S/C16H20N4O4/c1-10(2)17-15(23)16(24)19-18-14(22)11-5-7-12(8-6-11)20-9-3-4-13(20)21/h5-8,10H,3-4,9H2,1-2H3,(H,17,23)(H,18,22)(H,19,24). The molecule has 0 aliphatic carbocycles. The molecule has 8 heteroatoms. The Balaban J connectivity index is 1.90. The third kappa shape index (κ3) is 4.31. The molecule has 1 aromatic rings. The predicted molar refractivity (Wildman–Crippen MR) is 86.9 cm³/mol. The third-order valence-corrected chi connectivity index (χ3v) is 3.43. The van der Waals surface area contributed by atoms with E-state index >= 15 is 0 Å². The fraction of sp³-hybridized carbons (Fsp3) is 0.375. The SMILES string of the molecule is CC(C)NC(=O)C(=O)NNC(=O)c1ccc(N2CCCC2=O)cc1. The highest BCUT2D eigenvalue weighted by Gasteiger charge is 2.22. The molecular formula is C16H20N4O4. The highest BCUT2D eigenvalue weighted by Crippen LogP contribution is 2.21. The highest BCUT2D eigenvalue weighted by molar-refractivity contribution is 6.35. The summed E-state index contributed by atoms with van der Waals surface area (Å²) in [5, 5.41) is 2.41. The highest BCUT2D eigenvalue weighted by atomic mass is 16.2. The van der Waals surface area contributed by atoms with Crippen molar-refractivity contribution in [1.82, 2.24) is 16.2 Å². The zero-order valence-electron chi connectivity index (χ0n) is 13.6. The Hall–Kier alpha value is -2.90. The van der Waals surface area contributed by atoms with Gasteiger partial charge in [0.25, 0.3) is 5.91 Å². The predicted octanol–water partition coefficient (Wildman–Crippen LogP) is 0.0990. The number of carbonyl (C=O) groups is 4. The van der Waals surface area contributed by atoms with Crippen molar-refractivity contribution < 1.29 is 19.2 Å². The van der Waals surface area contributed by atoms with Crippen LogP contribution in [0.2, 0.25) is 0 Å². The summed E-state index contributed by atoms with van der Waals surface area (Å²) in [7, 11) is 0. The molecule has 1 saturated heterocycles. The number of hydrazine groups is 1. The number of carbonyl (C=O) groups excluding carboxylic acids is 4. The molecule has 1 aliphatic rings. The van der Waals surface area contributed by atoms with Crippen LogP contribution in [0, 0.1) is 0 Å². The van der Waals surface area contributed by atoms with Gasteiger partial charge in [-0.05, 0) is 44.5 Å². The number of nitrogens with one attached hydrogen (secondary N) is 3. The van der Waals surface area contributed by atoms with Crippen LogP contribution in [0.1, 0.15) is 37.0 Å². The number of amides is 4. The van der Waals surface area contributed by atoms with E-state index in [1.807, 2.05) is 5.43 Å². The fourth-order valence-electron chi connectivity index (χ4n) is 2.28. The minimum atomic E-state index is -0.948. The van der Waals surface area contributed by atoms with E-state index in [1.54, 1.807) is 43.0 Å². The molecule has 2 rings (SSSR count). The van der Waals surface area contributed by atoms with E-state index in [2.05, 4.69) is 10.7 Å². The molecule has 128 valence electrons. The summed E-state index contributed by atoms with van der Waals surface area (Å²) in [4.78, 5) is 48.2. The first-order valence-corrected chi connectivity index (χ1v) is 7.70. The van der Waals surface area contributed by atoms with E-state index < -0.39 is 17.7 Å². The molecule has 24 heavy (non-hydrogen) atoms. The molecular weight excluding hydrogens is 312 g/mol. The molecule has 4 amide bonds. The van der Waals surface area contributed by atoms with Crippen molar-refractivity contribution in [2.24, 2.45) is 0 Å². The molecule has 0 radical (unpaired) electrons. The normalized spacial score (nSPS) is 13.8. The van der Waals surface area contributed by atoms with E-state index in [9.17, 15) is 19.2 Å². The van der Waals surface area contributed by atoms with Gasteiger partial charge in [-0.1, -0.05) is 0 Å². The van der Waals surface area contributed by atoms with Crippen LogP contribution < -0.4 is 21.1 Å². The molecule has 1 fully saturated rings. The smallest absolute Gasteiger partial charge is 0.327 e. The maximum Gasteiger partial charge on any atom is 0.327 e. The van der Waals surface area contributed by atoms with Crippen LogP contribution in [-0.2, 0) is 14.4 Å². The lowest BCUT2D eigenvalue weighted by Gasteiger charge is -2.16. The van der Waals surface area contributed by atoms with Crippen molar-refractivity contribution >= 4 is 29.3 Å². The third-order valence-electron chi connectivity index (χ3n) is 3.43. The second-order valence-corrected chi connectivity index (χ2v) is 5.73. The molecule has 1 aromatic carbocycles. The van der Waals surface area contributed by atoms with Gasteiger partial charge in [0.05, 0.1) is 0 Å². The Bertz CT molecular complexity index is 655. The molecule has 0 bridgehead atoms. The number of rotatable bonds is 3. The molecule has 3 N–H and O–H groups in total. The molecule has 8 nitrogen and oxygen atoms in total. The van der Waals surface area contributed by atoms with Crippen molar-refractivity contribution in [1.29, 1.82) is 0 Å². The Morgan fingerprint density at radius 1 is 1.04 bits per heavy atom. The van der Waals surface area contributed by atoms with Crippen LogP contribution in [0.25, 0.3) is 0 Å². The number of anilines is 1. The van der Waals surface area contributed by atoms with Crippen molar-refractivity contribution in [3.8, 4) is 0 Å². The zero-order chi connectivity index (χ0) is 17.7. The van der Waals surface area contributed by atoms with Crippen LogP contribution >= 0.6 is 0 Å². The van der Waals surface area contributed by atoms with Gasteiger partial charge in [-0.25, -0.2) is 0 Å². The molecule has 0 unspecified atom stereocenters. The maximum absolute atomic E-state index is 12.0. The lowest BCUT2D eigenvalue weighted by Crippen LogP contribution is -2.49. The van der Waals surface area contributed by atoms with Gasteiger partial charge in [0.1, 0.15) is 0 Å². The minimum absolute atomic E-state index is 0.0654. The number of hydrogen-bond acceptors (Lipinski definition) is 4. The maximum atomic E-state index is 12.0. The van der Waals surface area contributed by atoms with Gasteiger partial charge in [0.2, 0.25) is 5.91 Å². The van der Waals surface area contributed by atoms with Crippen LogP contribution in [0.3, 0.4) is 0 Å². The van der Waals surface area contributed by atoms with Gasteiger partial charge in [-0.2, -0.15) is 0 Å². The summed E-state index contributed by atoms with van der Waals surface area (Å²) in [5.74, 6) is -2.26. The quantitative estimate of drug-likeness (QED) is 0.539. The summed E-state index contributed by atoms with van der Waals surface area (Å²) in [6.45, 7) is 4.11. The van der Waals surface area contributed by atoms with Crippen molar-refractivity contribution in [3.63, 3.8) is 0 Å². The molecule has 1 heterocycles.